The molecule has 13 rings (SSSR count). The smallest absolute Gasteiger partial charge is 0.154 e. The predicted octanol–water partition coefficient (Wildman–Crippen LogP) is 13.9. The number of aromatic nitrogens is 2. The van der Waals surface area contributed by atoms with Crippen LogP contribution >= 0.6 is 0 Å². The highest BCUT2D eigenvalue weighted by Crippen LogP contribution is 2.43. The van der Waals surface area contributed by atoms with Gasteiger partial charge in [-0.3, -0.25) is 0 Å². The standard InChI is InChI=1S/C51H27N3O2/c52-28-42-50-41-24-30-18-20-34(54-45-15-7-3-11-37(45)38-12-4-8-16-46(38)54)22-32(30)26-48(41)55-49(50)27-40-39-23-29-17-19-33(21-31(29)25-47(39)56-51(40)42)53-43-13-5-1-9-35(43)36-10-2-6-14-44(36)53/h1-27H. The van der Waals surface area contributed by atoms with Gasteiger partial charge in [-0.1, -0.05) is 84.9 Å². The van der Waals surface area contributed by atoms with Crippen LogP contribution in [0.25, 0.3) is 120 Å². The highest BCUT2D eigenvalue weighted by atomic mass is 16.3. The quantitative estimate of drug-likeness (QED) is 0.179. The molecule has 0 bridgehead atoms. The van der Waals surface area contributed by atoms with Crippen molar-refractivity contribution in [3.8, 4) is 17.4 Å². The third-order valence-corrected chi connectivity index (χ3v) is 11.9. The first-order valence-corrected chi connectivity index (χ1v) is 18.8. The normalized spacial score (nSPS) is 12.3. The zero-order valence-corrected chi connectivity index (χ0v) is 29.7. The molecule has 56 heavy (non-hydrogen) atoms. The van der Waals surface area contributed by atoms with E-state index in [1.807, 2.05) is 6.07 Å². The van der Waals surface area contributed by atoms with Gasteiger partial charge < -0.3 is 18.0 Å². The van der Waals surface area contributed by atoms with Crippen molar-refractivity contribution in [2.75, 3.05) is 0 Å². The van der Waals surface area contributed by atoms with Gasteiger partial charge in [-0.25, -0.2) is 0 Å². The fourth-order valence-electron chi connectivity index (χ4n) is 9.41. The van der Waals surface area contributed by atoms with Gasteiger partial charge in [0, 0.05) is 54.5 Å². The summed E-state index contributed by atoms with van der Waals surface area (Å²) in [5.74, 6) is 0. The van der Waals surface area contributed by atoms with E-state index in [2.05, 4.69) is 173 Å². The third kappa shape index (κ3) is 3.87. The van der Waals surface area contributed by atoms with E-state index in [0.717, 1.165) is 65.6 Å². The van der Waals surface area contributed by atoms with Gasteiger partial charge in [-0.2, -0.15) is 5.26 Å². The zero-order valence-electron chi connectivity index (χ0n) is 29.7. The summed E-state index contributed by atoms with van der Waals surface area (Å²) < 4.78 is 17.9. The number of furan rings is 2. The van der Waals surface area contributed by atoms with Gasteiger partial charge in [0.05, 0.1) is 22.1 Å². The maximum absolute atomic E-state index is 10.7. The molecule has 5 nitrogen and oxygen atoms in total. The molecule has 0 saturated carbocycles. The number of rotatable bonds is 2. The number of benzene rings is 9. The van der Waals surface area contributed by atoms with Crippen molar-refractivity contribution in [2.45, 2.75) is 0 Å². The summed E-state index contributed by atoms with van der Waals surface area (Å²) in [6.45, 7) is 0. The first-order chi connectivity index (χ1) is 27.7. The predicted molar refractivity (Wildman–Crippen MR) is 229 cm³/mol. The molecule has 0 aliphatic heterocycles. The average Bonchev–Trinajstić information content (AvgIpc) is 3.98. The monoisotopic (exact) mass is 713 g/mol. The second-order valence-electron chi connectivity index (χ2n) is 14.8. The van der Waals surface area contributed by atoms with Crippen LogP contribution in [0.2, 0.25) is 0 Å². The Labute approximate surface area is 318 Å². The molecule has 0 spiro atoms. The Morgan fingerprint density at radius 3 is 1.34 bits per heavy atom. The van der Waals surface area contributed by atoms with Gasteiger partial charge >= 0.3 is 0 Å². The molecule has 0 fully saturated rings. The minimum atomic E-state index is 0.490. The molecule has 0 amide bonds. The van der Waals surface area contributed by atoms with Gasteiger partial charge in [0.2, 0.25) is 0 Å². The zero-order chi connectivity index (χ0) is 36.6. The Kier molecular flexibility index (Phi) is 5.64. The summed E-state index contributed by atoms with van der Waals surface area (Å²) in [5.41, 5.74) is 10.1. The van der Waals surface area contributed by atoms with Gasteiger partial charge in [0.25, 0.3) is 0 Å². The van der Waals surface area contributed by atoms with E-state index in [1.54, 1.807) is 0 Å². The van der Waals surface area contributed by atoms with Gasteiger partial charge in [0.1, 0.15) is 28.4 Å². The van der Waals surface area contributed by atoms with Crippen molar-refractivity contribution < 1.29 is 8.83 Å². The van der Waals surface area contributed by atoms with Crippen LogP contribution in [0, 0.1) is 11.3 Å². The molecule has 4 aromatic heterocycles. The minimum absolute atomic E-state index is 0.490. The number of hydrogen-bond donors (Lipinski definition) is 0. The lowest BCUT2D eigenvalue weighted by molar-refractivity contribution is 0.663. The number of nitrogens with zero attached hydrogens (tertiary/aromatic N) is 3. The van der Waals surface area contributed by atoms with E-state index in [4.69, 9.17) is 8.83 Å². The number of fused-ring (bicyclic) bond motifs is 14. The molecule has 0 aliphatic carbocycles. The van der Waals surface area contributed by atoms with Crippen molar-refractivity contribution >= 4 is 109 Å². The molecule has 0 aliphatic rings. The highest BCUT2D eigenvalue weighted by Gasteiger charge is 2.22. The van der Waals surface area contributed by atoms with Crippen LogP contribution < -0.4 is 0 Å². The largest absolute Gasteiger partial charge is 0.456 e. The van der Waals surface area contributed by atoms with E-state index >= 15 is 0 Å². The maximum atomic E-state index is 10.7. The van der Waals surface area contributed by atoms with Crippen LogP contribution in [0.5, 0.6) is 0 Å². The average molecular weight is 714 g/mol. The molecule has 5 heteroatoms. The second-order valence-corrected chi connectivity index (χ2v) is 14.8. The Morgan fingerprint density at radius 1 is 0.375 bits per heavy atom. The lowest BCUT2D eigenvalue weighted by Gasteiger charge is -2.09. The summed E-state index contributed by atoms with van der Waals surface area (Å²) in [5, 5.41) is 23.4. The van der Waals surface area contributed by atoms with E-state index in [-0.39, 0.29) is 0 Å². The summed E-state index contributed by atoms with van der Waals surface area (Å²) in [4.78, 5) is 0. The minimum Gasteiger partial charge on any atom is -0.456 e. The van der Waals surface area contributed by atoms with E-state index < -0.39 is 0 Å². The summed E-state index contributed by atoms with van der Waals surface area (Å²) in [7, 11) is 0. The molecule has 0 N–H and O–H groups in total. The maximum Gasteiger partial charge on any atom is 0.154 e. The van der Waals surface area contributed by atoms with Crippen molar-refractivity contribution in [3.05, 3.63) is 169 Å². The molecule has 0 saturated heterocycles. The SMILES string of the molecule is N#Cc1c2oc3cc4cc(-n5c6ccccc6c6ccccc65)ccc4cc3c2cc2oc3cc4cc(-n5c6ccccc6c6ccccc65)ccc4cc3c12. The van der Waals surface area contributed by atoms with Crippen molar-refractivity contribution in [1.82, 2.24) is 9.13 Å². The number of para-hydroxylation sites is 4. The van der Waals surface area contributed by atoms with Crippen molar-refractivity contribution in [3.63, 3.8) is 0 Å². The molecule has 0 atom stereocenters. The Bertz CT molecular complexity index is 3670. The lowest BCUT2D eigenvalue weighted by Crippen LogP contribution is -1.93. The number of hydrogen-bond acceptors (Lipinski definition) is 3. The van der Waals surface area contributed by atoms with Gasteiger partial charge in [0.15, 0.2) is 5.58 Å². The molecule has 13 aromatic rings. The van der Waals surface area contributed by atoms with Gasteiger partial charge in [-0.05, 0) is 100 Å². The Morgan fingerprint density at radius 2 is 0.839 bits per heavy atom. The Hall–Kier alpha value is -7.81. The van der Waals surface area contributed by atoms with E-state index in [1.165, 1.54) is 43.6 Å². The van der Waals surface area contributed by atoms with Crippen LogP contribution in [0.1, 0.15) is 5.56 Å². The topological polar surface area (TPSA) is 59.9 Å². The molecule has 9 aromatic carbocycles. The van der Waals surface area contributed by atoms with E-state index in [0.29, 0.717) is 16.7 Å². The molecule has 0 unspecified atom stereocenters. The first-order valence-electron chi connectivity index (χ1n) is 18.8. The number of nitriles is 1. The fourth-order valence-corrected chi connectivity index (χ4v) is 9.41. The fraction of sp³-hybridized carbons (Fsp3) is 0. The Balaban J connectivity index is 0.984. The third-order valence-electron chi connectivity index (χ3n) is 11.9. The lowest BCUT2D eigenvalue weighted by atomic mass is 10.00. The van der Waals surface area contributed by atoms with Crippen LogP contribution in [0.3, 0.4) is 0 Å². The van der Waals surface area contributed by atoms with Gasteiger partial charge in [-0.15, -0.1) is 0 Å². The van der Waals surface area contributed by atoms with E-state index in [9.17, 15) is 5.26 Å². The first kappa shape index (κ1) is 29.6. The highest BCUT2D eigenvalue weighted by molar-refractivity contribution is 6.21. The summed E-state index contributed by atoms with van der Waals surface area (Å²) >= 11 is 0. The van der Waals surface area contributed by atoms with Crippen LogP contribution in [0.15, 0.2) is 173 Å². The van der Waals surface area contributed by atoms with Crippen LogP contribution in [-0.2, 0) is 0 Å². The second kappa shape index (κ2) is 10.7. The van der Waals surface area contributed by atoms with Crippen molar-refractivity contribution in [1.29, 1.82) is 5.26 Å². The molecule has 0 radical (unpaired) electrons. The summed E-state index contributed by atoms with van der Waals surface area (Å²) in [6.07, 6.45) is 0. The van der Waals surface area contributed by atoms with Crippen molar-refractivity contribution in [2.24, 2.45) is 0 Å². The molecule has 258 valence electrons. The molecule has 4 heterocycles. The molecular formula is C51H27N3O2. The summed E-state index contributed by atoms with van der Waals surface area (Å²) in [6, 6.07) is 60.4. The molecular weight excluding hydrogens is 687 g/mol. The van der Waals surface area contributed by atoms with Crippen LogP contribution in [-0.4, -0.2) is 9.13 Å². The van der Waals surface area contributed by atoms with Crippen LogP contribution in [0.4, 0.5) is 0 Å².